The first-order valence-corrected chi connectivity index (χ1v) is 15.0. The Labute approximate surface area is 228 Å². The summed E-state index contributed by atoms with van der Waals surface area (Å²) in [6.45, 7) is 6.45. The van der Waals surface area contributed by atoms with Crippen LogP contribution in [0.1, 0.15) is 45.2 Å². The van der Waals surface area contributed by atoms with Crippen LogP contribution in [0.15, 0.2) is 52.7 Å². The number of hydrogen-bond donors (Lipinski definition) is 0. The van der Waals surface area contributed by atoms with Crippen LogP contribution in [-0.4, -0.2) is 56.9 Å². The maximum Gasteiger partial charge on any atom is 0.244 e. The zero-order valence-electron chi connectivity index (χ0n) is 21.7. The fraction of sp³-hybridized carbons (Fsp3) is 0.393. The van der Waals surface area contributed by atoms with E-state index in [9.17, 15) is 13.2 Å². The van der Waals surface area contributed by atoms with Gasteiger partial charge in [-0.25, -0.2) is 8.42 Å². The van der Waals surface area contributed by atoms with Gasteiger partial charge in [-0.15, -0.1) is 11.3 Å². The Morgan fingerprint density at radius 2 is 1.81 bits per heavy atom. The summed E-state index contributed by atoms with van der Waals surface area (Å²) in [6.07, 6.45) is 1.23. The number of thiophene rings is 1. The van der Waals surface area contributed by atoms with Crippen LogP contribution in [0.3, 0.4) is 0 Å². The van der Waals surface area contributed by atoms with E-state index in [1.54, 1.807) is 32.3 Å². The number of nitrogens with zero attached hydrogens (tertiary/aromatic N) is 2. The second kappa shape index (κ2) is 11.7. The molecule has 1 aliphatic rings. The molecule has 1 amide bonds. The number of carbonyl (C=O) groups excluding carboxylic acids is 1. The fourth-order valence-corrected chi connectivity index (χ4v) is 8.07. The van der Waals surface area contributed by atoms with Crippen LogP contribution in [-0.2, 0) is 26.0 Å². The van der Waals surface area contributed by atoms with Gasteiger partial charge in [-0.3, -0.25) is 4.79 Å². The lowest BCUT2D eigenvalue weighted by molar-refractivity contribution is -0.133. The van der Waals surface area contributed by atoms with Gasteiger partial charge < -0.3 is 9.64 Å². The molecule has 1 aliphatic heterocycles. The second-order valence-electron chi connectivity index (χ2n) is 9.50. The van der Waals surface area contributed by atoms with Crippen molar-refractivity contribution in [3.05, 3.63) is 85.6 Å². The Kier molecular flexibility index (Phi) is 8.76. The molecule has 0 N–H and O–H groups in total. The molecular weight excluding hydrogens is 528 g/mol. The van der Waals surface area contributed by atoms with Crippen LogP contribution < -0.4 is 0 Å². The Bertz CT molecular complexity index is 1350. The molecule has 1 aromatic heterocycles. The van der Waals surface area contributed by atoms with Crippen LogP contribution in [0.25, 0.3) is 0 Å². The van der Waals surface area contributed by atoms with Crippen LogP contribution in [0.5, 0.6) is 0 Å². The number of aryl methyl sites for hydroxylation is 3. The van der Waals surface area contributed by atoms with Crippen molar-refractivity contribution in [2.75, 3.05) is 33.4 Å². The highest BCUT2D eigenvalue weighted by molar-refractivity contribution is 7.89. The molecule has 1 unspecified atom stereocenters. The molecule has 3 aromatic rings. The highest BCUT2D eigenvalue weighted by Crippen LogP contribution is 2.38. The minimum absolute atomic E-state index is 0.192. The van der Waals surface area contributed by atoms with Crippen LogP contribution in [0.2, 0.25) is 5.02 Å². The summed E-state index contributed by atoms with van der Waals surface area (Å²) in [5, 5.41) is 2.67. The number of fused-ring (bicyclic) bond motifs is 1. The van der Waals surface area contributed by atoms with E-state index in [-0.39, 0.29) is 29.9 Å². The summed E-state index contributed by atoms with van der Waals surface area (Å²) < 4.78 is 34.4. The number of hydrogen-bond acceptors (Lipinski definition) is 5. The Balaban J connectivity index is 1.68. The average Bonchev–Trinajstić information content (AvgIpc) is 3.31. The standard InChI is InChI=1S/C28H33ClN2O4S2/c1-19-16-20(2)28(21(3)17-19)37(33,34)30(12-5-14-35-4)18-26(32)31-13-10-25-24(11-15-36-25)27(31)22-6-8-23(29)9-7-22/h6-9,11,15-17,27H,5,10,12-14,18H2,1-4H3. The Hall–Kier alpha value is -2.23. The summed E-state index contributed by atoms with van der Waals surface area (Å²) in [5.41, 5.74) is 4.41. The van der Waals surface area contributed by atoms with Gasteiger partial charge in [0.15, 0.2) is 0 Å². The summed E-state index contributed by atoms with van der Waals surface area (Å²) in [7, 11) is -2.33. The zero-order chi connectivity index (χ0) is 26.7. The van der Waals surface area contributed by atoms with Crippen molar-refractivity contribution < 1.29 is 17.9 Å². The van der Waals surface area contributed by atoms with E-state index < -0.39 is 10.0 Å². The number of carbonyl (C=O) groups is 1. The molecule has 9 heteroatoms. The van der Waals surface area contributed by atoms with Crippen LogP contribution in [0.4, 0.5) is 0 Å². The molecule has 0 saturated heterocycles. The SMILES string of the molecule is COCCCN(CC(=O)N1CCc2sccc2C1c1ccc(Cl)cc1)S(=O)(=O)c1c(C)cc(C)cc1C. The van der Waals surface area contributed by atoms with Crippen molar-refractivity contribution in [1.82, 2.24) is 9.21 Å². The van der Waals surface area contributed by atoms with E-state index in [0.29, 0.717) is 35.7 Å². The lowest BCUT2D eigenvalue weighted by Gasteiger charge is -2.37. The van der Waals surface area contributed by atoms with Crippen molar-refractivity contribution in [3.8, 4) is 0 Å². The van der Waals surface area contributed by atoms with E-state index in [1.165, 1.54) is 9.18 Å². The summed E-state index contributed by atoms with van der Waals surface area (Å²) >= 11 is 7.83. The van der Waals surface area contributed by atoms with Gasteiger partial charge in [-0.2, -0.15) is 4.31 Å². The third-order valence-electron chi connectivity index (χ3n) is 6.74. The molecule has 198 valence electrons. The van der Waals surface area contributed by atoms with Crippen molar-refractivity contribution in [3.63, 3.8) is 0 Å². The monoisotopic (exact) mass is 560 g/mol. The maximum absolute atomic E-state index is 13.9. The van der Waals surface area contributed by atoms with E-state index >= 15 is 0 Å². The highest BCUT2D eigenvalue weighted by atomic mass is 35.5. The fourth-order valence-electron chi connectivity index (χ4n) is 5.20. The molecule has 6 nitrogen and oxygen atoms in total. The predicted molar refractivity (Wildman–Crippen MR) is 149 cm³/mol. The number of sulfonamides is 1. The van der Waals surface area contributed by atoms with Crippen molar-refractivity contribution >= 4 is 38.9 Å². The predicted octanol–water partition coefficient (Wildman–Crippen LogP) is 5.53. The van der Waals surface area contributed by atoms with E-state index in [4.69, 9.17) is 16.3 Å². The smallest absolute Gasteiger partial charge is 0.244 e. The minimum Gasteiger partial charge on any atom is -0.385 e. The average molecular weight is 561 g/mol. The van der Waals surface area contributed by atoms with Crippen LogP contribution in [0, 0.1) is 20.8 Å². The van der Waals surface area contributed by atoms with Gasteiger partial charge in [0.1, 0.15) is 0 Å². The Morgan fingerprint density at radius 3 is 2.46 bits per heavy atom. The molecule has 4 rings (SSSR count). The molecule has 0 fully saturated rings. The van der Waals surface area contributed by atoms with Gasteiger partial charge in [0.05, 0.1) is 17.5 Å². The van der Waals surface area contributed by atoms with Gasteiger partial charge in [-0.1, -0.05) is 41.4 Å². The molecule has 0 radical (unpaired) electrons. The topological polar surface area (TPSA) is 66.9 Å². The summed E-state index contributed by atoms with van der Waals surface area (Å²) in [4.78, 5) is 17.2. The van der Waals surface area contributed by atoms with Crippen molar-refractivity contribution in [1.29, 1.82) is 0 Å². The number of halogens is 1. The minimum atomic E-state index is -3.92. The summed E-state index contributed by atoms with van der Waals surface area (Å²) in [6, 6.07) is 13.0. The highest BCUT2D eigenvalue weighted by Gasteiger charge is 2.36. The lowest BCUT2D eigenvalue weighted by atomic mass is 9.93. The Morgan fingerprint density at radius 1 is 1.14 bits per heavy atom. The normalized spacial score (nSPS) is 15.7. The first-order valence-electron chi connectivity index (χ1n) is 12.3. The summed E-state index contributed by atoms with van der Waals surface area (Å²) in [5.74, 6) is -0.222. The molecule has 1 atom stereocenters. The van der Waals surface area contributed by atoms with E-state index in [2.05, 4.69) is 6.07 Å². The maximum atomic E-state index is 13.9. The first kappa shape index (κ1) is 27.8. The first-order chi connectivity index (χ1) is 17.6. The number of methoxy groups -OCH3 is 1. The van der Waals surface area contributed by atoms with Gasteiger partial charge in [0.25, 0.3) is 0 Å². The van der Waals surface area contributed by atoms with Crippen LogP contribution >= 0.6 is 22.9 Å². The molecule has 0 aliphatic carbocycles. The van der Waals surface area contributed by atoms with Crippen molar-refractivity contribution in [2.45, 2.75) is 44.6 Å². The largest absolute Gasteiger partial charge is 0.385 e. The number of rotatable bonds is 9. The zero-order valence-corrected chi connectivity index (χ0v) is 24.0. The molecule has 0 spiro atoms. The molecule has 0 saturated carbocycles. The van der Waals surface area contributed by atoms with E-state index in [1.807, 2.05) is 53.6 Å². The number of amides is 1. The second-order valence-corrected chi connectivity index (χ2v) is 12.8. The van der Waals surface area contributed by atoms with Gasteiger partial charge >= 0.3 is 0 Å². The van der Waals surface area contributed by atoms with E-state index in [0.717, 1.165) is 23.1 Å². The molecular formula is C28H33ClN2O4S2. The third-order valence-corrected chi connectivity index (χ3v) is 10.1. The molecule has 37 heavy (non-hydrogen) atoms. The number of benzene rings is 2. The quantitative estimate of drug-likeness (QED) is 0.323. The third kappa shape index (κ3) is 5.94. The lowest BCUT2D eigenvalue weighted by Crippen LogP contribution is -2.47. The van der Waals surface area contributed by atoms with Gasteiger partial charge in [0.2, 0.25) is 15.9 Å². The molecule has 0 bridgehead atoms. The molecule has 2 aromatic carbocycles. The molecule has 2 heterocycles. The van der Waals surface area contributed by atoms with Gasteiger partial charge in [0, 0.05) is 36.7 Å². The van der Waals surface area contributed by atoms with Crippen molar-refractivity contribution in [2.24, 2.45) is 0 Å². The number of ether oxygens (including phenoxy) is 1. The van der Waals surface area contributed by atoms with Gasteiger partial charge in [-0.05, 0) is 79.4 Å².